The molecule has 0 aromatic rings. The molecule has 5 nitrogen and oxygen atoms in total. The highest BCUT2D eigenvalue weighted by Crippen LogP contribution is 2.20. The quantitative estimate of drug-likeness (QED) is 0.749. The van der Waals surface area contributed by atoms with Gasteiger partial charge >= 0.3 is 0 Å². The van der Waals surface area contributed by atoms with Gasteiger partial charge in [0, 0.05) is 19.0 Å². The molecule has 1 unspecified atom stereocenters. The van der Waals surface area contributed by atoms with Gasteiger partial charge in [-0.1, -0.05) is 0 Å². The van der Waals surface area contributed by atoms with Crippen molar-refractivity contribution in [2.75, 3.05) is 31.1 Å². The molecule has 0 spiro atoms. The van der Waals surface area contributed by atoms with E-state index in [0.29, 0.717) is 25.3 Å². The van der Waals surface area contributed by atoms with E-state index in [1.165, 1.54) is 0 Å². The summed E-state index contributed by atoms with van der Waals surface area (Å²) in [6, 6.07) is -0.0921. The molecule has 2 heterocycles. The monoisotopic (exact) mass is 260 g/mol. The molecule has 2 saturated heterocycles. The van der Waals surface area contributed by atoms with E-state index in [1.54, 1.807) is 4.90 Å². The maximum atomic E-state index is 12.1. The third-order valence-electron chi connectivity index (χ3n) is 3.64. The fraction of sp³-hybridized carbons (Fsp3) is 0.909. The fourth-order valence-electron chi connectivity index (χ4n) is 2.52. The standard InChI is InChI=1S/C11H20N2O3S/c1-2-13(10-3-4-17(15,16)8-10)11(14)5-9-6-12-7-9/h9-10,12H,2-8H2,1H3. The third kappa shape index (κ3) is 2.98. The first-order valence-corrected chi connectivity index (χ1v) is 8.04. The zero-order valence-corrected chi connectivity index (χ0v) is 11.0. The zero-order valence-electron chi connectivity index (χ0n) is 10.2. The minimum absolute atomic E-state index is 0.0921. The molecule has 2 rings (SSSR count). The molecule has 98 valence electrons. The summed E-state index contributed by atoms with van der Waals surface area (Å²) in [7, 11) is -2.91. The Labute approximate surface area is 102 Å². The Morgan fingerprint density at radius 3 is 2.53 bits per heavy atom. The van der Waals surface area contributed by atoms with Gasteiger partial charge in [-0.3, -0.25) is 4.79 Å². The minimum atomic E-state index is -2.91. The van der Waals surface area contributed by atoms with Crippen molar-refractivity contribution in [3.63, 3.8) is 0 Å². The van der Waals surface area contributed by atoms with Gasteiger partial charge in [-0.05, 0) is 32.4 Å². The van der Waals surface area contributed by atoms with E-state index in [2.05, 4.69) is 5.32 Å². The third-order valence-corrected chi connectivity index (χ3v) is 5.39. The summed E-state index contributed by atoms with van der Waals surface area (Å²) in [5.41, 5.74) is 0. The fourth-order valence-corrected chi connectivity index (χ4v) is 4.25. The van der Waals surface area contributed by atoms with E-state index in [0.717, 1.165) is 13.1 Å². The highest BCUT2D eigenvalue weighted by atomic mass is 32.2. The number of carbonyl (C=O) groups is 1. The Bertz CT molecular complexity index is 390. The van der Waals surface area contributed by atoms with Gasteiger partial charge in [0.2, 0.25) is 5.91 Å². The van der Waals surface area contributed by atoms with Crippen LogP contribution in [0.3, 0.4) is 0 Å². The highest BCUT2D eigenvalue weighted by molar-refractivity contribution is 7.91. The van der Waals surface area contributed by atoms with Gasteiger partial charge in [0.15, 0.2) is 9.84 Å². The first kappa shape index (κ1) is 12.8. The maximum absolute atomic E-state index is 12.1. The normalized spacial score (nSPS) is 27.7. The van der Waals surface area contributed by atoms with Crippen LogP contribution in [-0.4, -0.2) is 56.4 Å². The lowest BCUT2D eigenvalue weighted by molar-refractivity contribution is -0.134. The number of carbonyl (C=O) groups excluding carboxylic acids is 1. The predicted octanol–water partition coefficient (Wildman–Crippen LogP) is -0.368. The first-order valence-electron chi connectivity index (χ1n) is 6.22. The van der Waals surface area contributed by atoms with Gasteiger partial charge in [-0.2, -0.15) is 0 Å². The molecule has 0 bridgehead atoms. The largest absolute Gasteiger partial charge is 0.339 e. The van der Waals surface area contributed by atoms with Crippen LogP contribution >= 0.6 is 0 Å². The zero-order chi connectivity index (χ0) is 12.5. The number of nitrogens with zero attached hydrogens (tertiary/aromatic N) is 1. The van der Waals surface area contributed by atoms with Crippen LogP contribution in [0.25, 0.3) is 0 Å². The van der Waals surface area contributed by atoms with Crippen molar-refractivity contribution < 1.29 is 13.2 Å². The molecule has 2 aliphatic heterocycles. The van der Waals surface area contributed by atoms with Gasteiger partial charge in [-0.15, -0.1) is 0 Å². The molecule has 1 atom stereocenters. The second-order valence-electron chi connectivity index (χ2n) is 4.97. The van der Waals surface area contributed by atoms with Gasteiger partial charge in [0.1, 0.15) is 0 Å². The molecule has 0 saturated carbocycles. The summed E-state index contributed by atoms with van der Waals surface area (Å²) in [4.78, 5) is 13.8. The number of rotatable bonds is 4. The molecule has 2 aliphatic rings. The average Bonchev–Trinajstić information content (AvgIpc) is 2.54. The van der Waals surface area contributed by atoms with Crippen molar-refractivity contribution in [1.29, 1.82) is 0 Å². The summed E-state index contributed by atoms with van der Waals surface area (Å²) >= 11 is 0. The summed E-state index contributed by atoms with van der Waals surface area (Å²) in [5, 5.41) is 3.14. The van der Waals surface area contributed by atoms with Crippen LogP contribution in [0.1, 0.15) is 19.8 Å². The molecule has 17 heavy (non-hydrogen) atoms. The lowest BCUT2D eigenvalue weighted by atomic mass is 9.98. The van der Waals surface area contributed by atoms with Gasteiger partial charge < -0.3 is 10.2 Å². The summed E-state index contributed by atoms with van der Waals surface area (Å²) in [6.07, 6.45) is 1.15. The van der Waals surface area contributed by atoms with E-state index in [9.17, 15) is 13.2 Å². The second-order valence-corrected chi connectivity index (χ2v) is 7.19. The average molecular weight is 260 g/mol. The molecule has 0 radical (unpaired) electrons. The summed E-state index contributed by atoms with van der Waals surface area (Å²) < 4.78 is 22.9. The molecule has 1 N–H and O–H groups in total. The van der Waals surface area contributed by atoms with Crippen LogP contribution in [0, 0.1) is 5.92 Å². The Kier molecular flexibility index (Phi) is 3.73. The molecular weight excluding hydrogens is 240 g/mol. The van der Waals surface area contributed by atoms with Crippen LogP contribution < -0.4 is 5.32 Å². The van der Waals surface area contributed by atoms with E-state index in [1.807, 2.05) is 6.92 Å². The van der Waals surface area contributed by atoms with Crippen molar-refractivity contribution >= 4 is 15.7 Å². The van der Waals surface area contributed by atoms with E-state index in [4.69, 9.17) is 0 Å². The Hall–Kier alpha value is -0.620. The molecule has 2 fully saturated rings. The predicted molar refractivity (Wildman–Crippen MR) is 65.4 cm³/mol. The topological polar surface area (TPSA) is 66.5 Å². The molecule has 0 aromatic heterocycles. The Morgan fingerprint density at radius 2 is 2.12 bits per heavy atom. The van der Waals surface area contributed by atoms with Crippen LogP contribution in [0.2, 0.25) is 0 Å². The summed E-state index contributed by atoms with van der Waals surface area (Å²) in [5.74, 6) is 0.928. The van der Waals surface area contributed by atoms with E-state index < -0.39 is 9.84 Å². The van der Waals surface area contributed by atoms with E-state index >= 15 is 0 Å². The van der Waals surface area contributed by atoms with Gasteiger partial charge in [0.25, 0.3) is 0 Å². The number of sulfone groups is 1. The SMILES string of the molecule is CCN(C(=O)CC1CNC1)C1CCS(=O)(=O)C1. The molecule has 0 aliphatic carbocycles. The molecule has 1 amide bonds. The molecule has 0 aromatic carbocycles. The number of hydrogen-bond acceptors (Lipinski definition) is 4. The first-order chi connectivity index (χ1) is 8.02. The highest BCUT2D eigenvalue weighted by Gasteiger charge is 2.34. The smallest absolute Gasteiger partial charge is 0.223 e. The maximum Gasteiger partial charge on any atom is 0.223 e. The minimum Gasteiger partial charge on any atom is -0.339 e. The van der Waals surface area contributed by atoms with Crippen LogP contribution in [0.4, 0.5) is 0 Å². The van der Waals surface area contributed by atoms with Crippen molar-refractivity contribution in [3.05, 3.63) is 0 Å². The Balaban J connectivity index is 1.93. The summed E-state index contributed by atoms with van der Waals surface area (Å²) in [6.45, 7) is 4.35. The van der Waals surface area contributed by atoms with Crippen LogP contribution in [-0.2, 0) is 14.6 Å². The number of nitrogens with one attached hydrogen (secondary N) is 1. The van der Waals surface area contributed by atoms with Gasteiger partial charge in [-0.25, -0.2) is 8.42 Å². The van der Waals surface area contributed by atoms with Crippen molar-refractivity contribution in [2.45, 2.75) is 25.8 Å². The lowest BCUT2D eigenvalue weighted by Crippen LogP contribution is -2.47. The van der Waals surface area contributed by atoms with E-state index in [-0.39, 0.29) is 23.5 Å². The van der Waals surface area contributed by atoms with Crippen molar-refractivity contribution in [3.8, 4) is 0 Å². The molecule has 6 heteroatoms. The number of amides is 1. The number of hydrogen-bond donors (Lipinski definition) is 1. The molecular formula is C11H20N2O3S. The van der Waals surface area contributed by atoms with Gasteiger partial charge in [0.05, 0.1) is 11.5 Å². The van der Waals surface area contributed by atoms with Crippen LogP contribution in [0.5, 0.6) is 0 Å². The van der Waals surface area contributed by atoms with Crippen LogP contribution in [0.15, 0.2) is 0 Å². The Morgan fingerprint density at radius 1 is 1.41 bits per heavy atom. The van der Waals surface area contributed by atoms with Crippen molar-refractivity contribution in [2.24, 2.45) is 5.92 Å². The lowest BCUT2D eigenvalue weighted by Gasteiger charge is -2.32. The van der Waals surface area contributed by atoms with Crippen molar-refractivity contribution in [1.82, 2.24) is 10.2 Å². The second kappa shape index (κ2) is 4.94.